The Labute approximate surface area is 144 Å². The second-order valence-electron chi connectivity index (χ2n) is 5.43. The molecule has 0 N–H and O–H groups in total. The predicted molar refractivity (Wildman–Crippen MR) is 92.4 cm³/mol. The summed E-state index contributed by atoms with van der Waals surface area (Å²) in [6.45, 7) is 3.25. The Balaban J connectivity index is 1.82. The number of aromatic nitrogens is 4. The van der Waals surface area contributed by atoms with Gasteiger partial charge in [0.2, 0.25) is 5.91 Å². The van der Waals surface area contributed by atoms with Crippen LogP contribution in [0.15, 0.2) is 54.2 Å². The van der Waals surface area contributed by atoms with Crippen LogP contribution in [0.2, 0.25) is 0 Å². The number of rotatable bonds is 7. The van der Waals surface area contributed by atoms with Gasteiger partial charge >= 0.3 is 0 Å². The average Bonchev–Trinajstić information content (AvgIpc) is 3.31. The summed E-state index contributed by atoms with van der Waals surface area (Å²) in [5, 5.41) is 13.4. The highest BCUT2D eigenvalue weighted by molar-refractivity contribution is 7.09. The molecule has 2 aromatic heterocycles. The Morgan fingerprint density at radius 1 is 1.25 bits per heavy atom. The summed E-state index contributed by atoms with van der Waals surface area (Å²) in [7, 11) is 0. The van der Waals surface area contributed by atoms with Gasteiger partial charge in [-0.15, -0.1) is 16.4 Å². The van der Waals surface area contributed by atoms with Crippen molar-refractivity contribution in [3.05, 3.63) is 64.6 Å². The molecular formula is C17H19N5OS. The molecule has 2 heterocycles. The summed E-state index contributed by atoms with van der Waals surface area (Å²) < 4.78 is 1.55. The molecule has 6 nitrogen and oxygen atoms in total. The zero-order valence-electron chi connectivity index (χ0n) is 13.4. The normalized spacial score (nSPS) is 12.0. The fraction of sp³-hybridized carbons (Fsp3) is 0.294. The zero-order chi connectivity index (χ0) is 16.8. The lowest BCUT2D eigenvalue weighted by Crippen LogP contribution is -2.38. The topological polar surface area (TPSA) is 63.9 Å². The van der Waals surface area contributed by atoms with Crippen molar-refractivity contribution < 1.29 is 4.79 Å². The van der Waals surface area contributed by atoms with E-state index in [9.17, 15) is 4.79 Å². The van der Waals surface area contributed by atoms with Gasteiger partial charge in [-0.2, -0.15) is 0 Å². The van der Waals surface area contributed by atoms with Gasteiger partial charge in [-0.05, 0) is 34.4 Å². The average molecular weight is 341 g/mol. The van der Waals surface area contributed by atoms with Crippen LogP contribution in [0.25, 0.3) is 0 Å². The molecule has 0 saturated carbocycles. The van der Waals surface area contributed by atoms with Gasteiger partial charge in [0.1, 0.15) is 12.4 Å². The standard InChI is InChI=1S/C17H19N5OS/c1-2-21(12-15-9-6-10-24-15)17(23)16(22-13-18-19-20-22)11-14-7-4-3-5-8-14/h3-10,13,16H,2,11-12H2,1H3. The van der Waals surface area contributed by atoms with Crippen LogP contribution in [0, 0.1) is 0 Å². The Morgan fingerprint density at radius 3 is 2.71 bits per heavy atom. The van der Waals surface area contributed by atoms with Crippen molar-refractivity contribution in [2.45, 2.75) is 25.9 Å². The first-order chi connectivity index (χ1) is 11.8. The molecule has 1 amide bonds. The summed E-state index contributed by atoms with van der Waals surface area (Å²) in [5.74, 6) is 0.0297. The molecule has 3 aromatic rings. The quantitative estimate of drug-likeness (QED) is 0.662. The first-order valence-corrected chi connectivity index (χ1v) is 8.73. The molecule has 1 aromatic carbocycles. The van der Waals surface area contributed by atoms with E-state index in [1.165, 1.54) is 11.2 Å². The SMILES string of the molecule is CCN(Cc1cccs1)C(=O)C(Cc1ccccc1)n1cnnn1. The van der Waals surface area contributed by atoms with Crippen LogP contribution in [0.4, 0.5) is 0 Å². The monoisotopic (exact) mass is 341 g/mol. The van der Waals surface area contributed by atoms with Crippen molar-refractivity contribution in [2.24, 2.45) is 0 Å². The summed E-state index contributed by atoms with van der Waals surface area (Å²) in [5.41, 5.74) is 1.08. The number of thiophene rings is 1. The molecule has 0 bridgehead atoms. The van der Waals surface area contributed by atoms with Gasteiger partial charge in [0.05, 0.1) is 6.54 Å². The molecule has 0 aliphatic heterocycles. The smallest absolute Gasteiger partial charge is 0.248 e. The van der Waals surface area contributed by atoms with Crippen LogP contribution < -0.4 is 0 Å². The van der Waals surface area contributed by atoms with E-state index in [4.69, 9.17) is 0 Å². The Morgan fingerprint density at radius 2 is 2.08 bits per heavy atom. The van der Waals surface area contributed by atoms with Gasteiger partial charge in [0.25, 0.3) is 0 Å². The van der Waals surface area contributed by atoms with Gasteiger partial charge in [-0.25, -0.2) is 4.68 Å². The molecule has 0 fully saturated rings. The molecule has 0 saturated heterocycles. The number of nitrogens with zero attached hydrogens (tertiary/aromatic N) is 5. The first kappa shape index (κ1) is 16.3. The number of hydrogen-bond acceptors (Lipinski definition) is 5. The maximum absolute atomic E-state index is 13.1. The highest BCUT2D eigenvalue weighted by Gasteiger charge is 2.26. The Hall–Kier alpha value is -2.54. The van der Waals surface area contributed by atoms with Crippen molar-refractivity contribution in [1.82, 2.24) is 25.1 Å². The van der Waals surface area contributed by atoms with Crippen LogP contribution in [-0.4, -0.2) is 37.6 Å². The number of carbonyl (C=O) groups excluding carboxylic acids is 1. The fourth-order valence-electron chi connectivity index (χ4n) is 2.59. The second kappa shape index (κ2) is 7.83. The largest absolute Gasteiger partial charge is 0.336 e. The third-order valence-electron chi connectivity index (χ3n) is 3.86. The highest BCUT2D eigenvalue weighted by Crippen LogP contribution is 2.19. The molecule has 7 heteroatoms. The number of benzene rings is 1. The zero-order valence-corrected chi connectivity index (χ0v) is 14.3. The summed E-state index contributed by atoms with van der Waals surface area (Å²) in [6, 6.07) is 13.5. The van der Waals surface area contributed by atoms with E-state index in [1.54, 1.807) is 16.0 Å². The lowest BCUT2D eigenvalue weighted by Gasteiger charge is -2.25. The van der Waals surface area contributed by atoms with E-state index in [0.29, 0.717) is 19.5 Å². The van der Waals surface area contributed by atoms with E-state index in [2.05, 4.69) is 15.5 Å². The molecule has 24 heavy (non-hydrogen) atoms. The van der Waals surface area contributed by atoms with Crippen LogP contribution in [-0.2, 0) is 17.8 Å². The lowest BCUT2D eigenvalue weighted by atomic mass is 10.0. The third-order valence-corrected chi connectivity index (χ3v) is 4.72. The molecular weight excluding hydrogens is 322 g/mol. The fourth-order valence-corrected chi connectivity index (χ4v) is 3.31. The van der Waals surface area contributed by atoms with Crippen molar-refractivity contribution in [2.75, 3.05) is 6.54 Å². The van der Waals surface area contributed by atoms with E-state index < -0.39 is 6.04 Å². The van der Waals surface area contributed by atoms with Gasteiger partial charge in [0, 0.05) is 17.8 Å². The van der Waals surface area contributed by atoms with Gasteiger partial charge < -0.3 is 4.90 Å². The summed E-state index contributed by atoms with van der Waals surface area (Å²) in [4.78, 5) is 16.1. The molecule has 124 valence electrons. The van der Waals surface area contributed by atoms with Crippen molar-refractivity contribution >= 4 is 17.2 Å². The van der Waals surface area contributed by atoms with Crippen molar-refractivity contribution in [3.63, 3.8) is 0 Å². The number of hydrogen-bond donors (Lipinski definition) is 0. The van der Waals surface area contributed by atoms with Crippen LogP contribution in [0.1, 0.15) is 23.4 Å². The maximum atomic E-state index is 13.1. The lowest BCUT2D eigenvalue weighted by molar-refractivity contribution is -0.135. The maximum Gasteiger partial charge on any atom is 0.248 e. The molecule has 1 atom stereocenters. The number of carbonyl (C=O) groups is 1. The second-order valence-corrected chi connectivity index (χ2v) is 6.46. The van der Waals surface area contributed by atoms with E-state index in [-0.39, 0.29) is 5.91 Å². The van der Waals surface area contributed by atoms with E-state index >= 15 is 0 Å². The van der Waals surface area contributed by atoms with Crippen LogP contribution in [0.5, 0.6) is 0 Å². The molecule has 0 aliphatic rings. The first-order valence-electron chi connectivity index (χ1n) is 7.85. The van der Waals surface area contributed by atoms with Crippen molar-refractivity contribution in [3.8, 4) is 0 Å². The Bertz CT molecular complexity index is 743. The summed E-state index contributed by atoms with van der Waals surface area (Å²) in [6.07, 6.45) is 2.07. The van der Waals surface area contributed by atoms with E-state index in [0.717, 1.165) is 5.56 Å². The third kappa shape index (κ3) is 3.86. The minimum atomic E-state index is -0.442. The van der Waals surface area contributed by atoms with Gasteiger partial charge in [-0.1, -0.05) is 36.4 Å². The van der Waals surface area contributed by atoms with Crippen LogP contribution in [0.3, 0.4) is 0 Å². The van der Waals surface area contributed by atoms with Gasteiger partial charge in [0.15, 0.2) is 0 Å². The Kier molecular flexibility index (Phi) is 5.32. The molecule has 1 unspecified atom stereocenters. The minimum absolute atomic E-state index is 0.0297. The van der Waals surface area contributed by atoms with Gasteiger partial charge in [-0.3, -0.25) is 4.79 Å². The van der Waals surface area contributed by atoms with E-state index in [1.807, 2.05) is 59.7 Å². The molecule has 0 spiro atoms. The molecule has 3 rings (SSSR count). The predicted octanol–water partition coefficient (Wildman–Crippen LogP) is 2.57. The van der Waals surface area contributed by atoms with Crippen molar-refractivity contribution in [1.29, 1.82) is 0 Å². The van der Waals surface area contributed by atoms with Crippen LogP contribution >= 0.6 is 11.3 Å². The minimum Gasteiger partial charge on any atom is -0.336 e. The number of amides is 1. The molecule has 0 aliphatic carbocycles. The number of tetrazole rings is 1. The highest BCUT2D eigenvalue weighted by atomic mass is 32.1. The summed E-state index contributed by atoms with van der Waals surface area (Å²) >= 11 is 1.66. The molecule has 0 radical (unpaired) electrons. The number of likely N-dealkylation sites (N-methyl/N-ethyl adjacent to an activating group) is 1.